The highest BCUT2D eigenvalue weighted by molar-refractivity contribution is 5.83. The summed E-state index contributed by atoms with van der Waals surface area (Å²) < 4.78 is 12.1. The number of nitrogens with zero attached hydrogens (tertiary/aromatic N) is 6. The van der Waals surface area contributed by atoms with Gasteiger partial charge in [-0.2, -0.15) is 0 Å². The highest BCUT2D eigenvalue weighted by Gasteiger charge is 2.22. The van der Waals surface area contributed by atoms with Crippen molar-refractivity contribution in [2.75, 3.05) is 65.9 Å². The Hall–Kier alpha value is -3.30. The molecule has 35 heavy (non-hydrogen) atoms. The van der Waals surface area contributed by atoms with Gasteiger partial charge in [0.2, 0.25) is 11.8 Å². The molecule has 4 rings (SSSR count). The van der Waals surface area contributed by atoms with E-state index in [0.29, 0.717) is 31.0 Å². The van der Waals surface area contributed by atoms with Crippen molar-refractivity contribution in [3.63, 3.8) is 0 Å². The highest BCUT2D eigenvalue weighted by atomic mass is 16.5. The Labute approximate surface area is 206 Å². The van der Waals surface area contributed by atoms with Crippen LogP contribution in [0, 0.1) is 0 Å². The Balaban J connectivity index is 1.43. The van der Waals surface area contributed by atoms with Gasteiger partial charge in [0.25, 0.3) is 0 Å². The second kappa shape index (κ2) is 11.4. The summed E-state index contributed by atoms with van der Waals surface area (Å²) in [5.74, 6) is 0.619. The molecule has 3 heterocycles. The zero-order valence-electron chi connectivity index (χ0n) is 21.0. The van der Waals surface area contributed by atoms with Gasteiger partial charge in [-0.3, -0.25) is 14.7 Å². The van der Waals surface area contributed by atoms with E-state index >= 15 is 0 Å². The Morgan fingerprint density at radius 3 is 2.66 bits per heavy atom. The summed E-state index contributed by atoms with van der Waals surface area (Å²) in [6, 6.07) is 10.2. The molecule has 0 aliphatic carbocycles. The molecule has 1 saturated heterocycles. The Morgan fingerprint density at radius 2 is 1.91 bits per heavy atom. The number of fused-ring (bicyclic) bond motifs is 1. The van der Waals surface area contributed by atoms with E-state index in [1.54, 1.807) is 31.4 Å². The lowest BCUT2D eigenvalue weighted by Crippen LogP contribution is -2.45. The van der Waals surface area contributed by atoms with E-state index in [4.69, 9.17) is 14.5 Å². The van der Waals surface area contributed by atoms with Crippen LogP contribution in [0.3, 0.4) is 0 Å². The lowest BCUT2D eigenvalue weighted by Gasteiger charge is -2.32. The quantitative estimate of drug-likeness (QED) is 0.464. The number of benzene rings is 1. The zero-order chi connectivity index (χ0) is 24.8. The van der Waals surface area contributed by atoms with Crippen molar-refractivity contribution in [2.45, 2.75) is 18.9 Å². The summed E-state index contributed by atoms with van der Waals surface area (Å²) in [6.07, 6.45) is 4.64. The molecule has 1 aliphatic rings. The summed E-state index contributed by atoms with van der Waals surface area (Å²) in [6.45, 7) is 3.49. The maximum atomic E-state index is 11.8. The van der Waals surface area contributed by atoms with Crippen LogP contribution in [-0.4, -0.2) is 97.8 Å². The second-order valence-corrected chi connectivity index (χ2v) is 9.17. The van der Waals surface area contributed by atoms with Crippen LogP contribution in [0.2, 0.25) is 0 Å². The minimum absolute atomic E-state index is 0.0788. The van der Waals surface area contributed by atoms with Crippen LogP contribution in [0.5, 0.6) is 5.88 Å². The van der Waals surface area contributed by atoms with Crippen molar-refractivity contribution in [1.29, 1.82) is 0 Å². The smallest absolute Gasteiger partial charge is 0.242 e. The first-order chi connectivity index (χ1) is 16.9. The van der Waals surface area contributed by atoms with Gasteiger partial charge >= 0.3 is 0 Å². The van der Waals surface area contributed by atoms with Gasteiger partial charge in [-0.1, -0.05) is 12.1 Å². The fraction of sp³-hybridized carbons (Fsp3) is 0.462. The molecule has 1 aromatic carbocycles. The number of pyridine rings is 1. The molecule has 0 bridgehead atoms. The molecule has 1 atom stereocenters. The zero-order valence-corrected chi connectivity index (χ0v) is 21.0. The van der Waals surface area contributed by atoms with Crippen LogP contribution in [0.1, 0.15) is 12.8 Å². The van der Waals surface area contributed by atoms with Gasteiger partial charge in [0.15, 0.2) is 5.52 Å². The number of ether oxygens (including phenoxy) is 2. The summed E-state index contributed by atoms with van der Waals surface area (Å²) in [7, 11) is 7.62. The van der Waals surface area contributed by atoms with E-state index in [1.165, 1.54) is 0 Å². The van der Waals surface area contributed by atoms with E-state index < -0.39 is 0 Å². The van der Waals surface area contributed by atoms with Crippen molar-refractivity contribution in [3.8, 4) is 17.1 Å². The molecule has 0 N–H and O–H groups in total. The van der Waals surface area contributed by atoms with Gasteiger partial charge in [-0.15, -0.1) is 0 Å². The van der Waals surface area contributed by atoms with Gasteiger partial charge in [0.05, 0.1) is 17.8 Å². The molecular formula is C26H34N6O3. The van der Waals surface area contributed by atoms with Crippen LogP contribution < -0.4 is 9.64 Å². The molecule has 1 fully saturated rings. The van der Waals surface area contributed by atoms with E-state index in [1.807, 2.05) is 32.3 Å². The van der Waals surface area contributed by atoms with Crippen molar-refractivity contribution in [3.05, 3.63) is 42.7 Å². The predicted molar refractivity (Wildman–Crippen MR) is 137 cm³/mol. The van der Waals surface area contributed by atoms with Gasteiger partial charge in [0.1, 0.15) is 12.7 Å². The molecule has 9 nitrogen and oxygen atoms in total. The van der Waals surface area contributed by atoms with Crippen molar-refractivity contribution < 1.29 is 14.3 Å². The van der Waals surface area contributed by atoms with Gasteiger partial charge in [-0.25, -0.2) is 9.97 Å². The largest absolute Gasteiger partial charge is 0.473 e. The summed E-state index contributed by atoms with van der Waals surface area (Å²) in [5, 5.41) is 0. The number of morpholine rings is 1. The Bertz CT molecular complexity index is 1140. The predicted octanol–water partition coefficient (Wildman–Crippen LogP) is 2.71. The third-order valence-corrected chi connectivity index (χ3v) is 6.10. The molecule has 3 aromatic rings. The average Bonchev–Trinajstić information content (AvgIpc) is 2.87. The molecule has 0 unspecified atom stereocenters. The van der Waals surface area contributed by atoms with Gasteiger partial charge in [0, 0.05) is 71.3 Å². The van der Waals surface area contributed by atoms with E-state index in [0.717, 1.165) is 48.5 Å². The first-order valence-corrected chi connectivity index (χ1v) is 12.0. The van der Waals surface area contributed by atoms with Crippen molar-refractivity contribution in [2.24, 2.45) is 0 Å². The summed E-state index contributed by atoms with van der Waals surface area (Å²) >= 11 is 0. The number of anilines is 1. The number of carbonyl (C=O) groups is 1. The molecule has 9 heteroatoms. The van der Waals surface area contributed by atoms with E-state index in [2.05, 4.69) is 31.9 Å². The number of hydrogen-bond donors (Lipinski definition) is 0. The fourth-order valence-electron chi connectivity index (χ4n) is 4.06. The molecule has 186 valence electrons. The molecular weight excluding hydrogens is 444 g/mol. The van der Waals surface area contributed by atoms with Crippen LogP contribution >= 0.6 is 0 Å². The minimum Gasteiger partial charge on any atom is -0.473 e. The maximum absolute atomic E-state index is 11.8. The number of hydrogen-bond acceptors (Lipinski definition) is 8. The van der Waals surface area contributed by atoms with E-state index in [-0.39, 0.29) is 12.0 Å². The fourth-order valence-corrected chi connectivity index (χ4v) is 4.06. The summed E-state index contributed by atoms with van der Waals surface area (Å²) in [4.78, 5) is 31.6. The Kier molecular flexibility index (Phi) is 8.09. The number of amides is 1. The lowest BCUT2D eigenvalue weighted by atomic mass is 10.1. The number of carbonyl (C=O) groups excluding carboxylic acids is 1. The summed E-state index contributed by atoms with van der Waals surface area (Å²) in [5.41, 5.74) is 4.27. The molecule has 0 spiro atoms. The van der Waals surface area contributed by atoms with Crippen molar-refractivity contribution in [1.82, 2.24) is 24.8 Å². The van der Waals surface area contributed by atoms with Gasteiger partial charge in [-0.05, 0) is 31.2 Å². The first-order valence-electron chi connectivity index (χ1n) is 12.0. The third-order valence-electron chi connectivity index (χ3n) is 6.10. The van der Waals surface area contributed by atoms with Crippen LogP contribution in [0.25, 0.3) is 22.3 Å². The normalized spacial score (nSPS) is 16.3. The average molecular weight is 479 g/mol. The molecule has 2 aromatic heterocycles. The standard InChI is InChI=1S/C26H34N6O3/c1-30(2)20-9-7-19(8-10-20)22-16-23-25(28-12-11-27-23)26(29-22)35-18-21-17-32(14-15-34-21)13-5-6-24(33)31(3)4/h7-12,16,21H,5-6,13-15,17-18H2,1-4H3/t21-/m0/s1. The SMILES string of the molecule is CN(C)C(=O)CCCN1CCO[C@H](COc2nc(-c3ccc(N(C)C)cc3)cc3nccnc23)C1. The lowest BCUT2D eigenvalue weighted by molar-refractivity contribution is -0.128. The molecule has 0 saturated carbocycles. The highest BCUT2D eigenvalue weighted by Crippen LogP contribution is 2.28. The number of rotatable bonds is 9. The second-order valence-electron chi connectivity index (χ2n) is 9.17. The first kappa shape index (κ1) is 24.8. The molecule has 1 amide bonds. The maximum Gasteiger partial charge on any atom is 0.242 e. The third kappa shape index (κ3) is 6.43. The van der Waals surface area contributed by atoms with Crippen LogP contribution in [0.4, 0.5) is 5.69 Å². The Morgan fingerprint density at radius 1 is 1.14 bits per heavy atom. The minimum atomic E-state index is -0.0788. The monoisotopic (exact) mass is 478 g/mol. The topological polar surface area (TPSA) is 83.9 Å². The van der Waals surface area contributed by atoms with E-state index in [9.17, 15) is 4.79 Å². The van der Waals surface area contributed by atoms with Crippen LogP contribution in [0.15, 0.2) is 42.7 Å². The van der Waals surface area contributed by atoms with Crippen LogP contribution in [-0.2, 0) is 9.53 Å². The molecule has 0 radical (unpaired) electrons. The number of aromatic nitrogens is 3. The van der Waals surface area contributed by atoms with Crippen molar-refractivity contribution >= 4 is 22.6 Å². The molecule has 1 aliphatic heterocycles. The van der Waals surface area contributed by atoms with Gasteiger partial charge < -0.3 is 19.3 Å².